The Balaban J connectivity index is 2.16. The zero-order valence-corrected chi connectivity index (χ0v) is 10.8. The van der Waals surface area contributed by atoms with E-state index in [9.17, 15) is 0 Å². The molecule has 5 nitrogen and oxygen atoms in total. The summed E-state index contributed by atoms with van der Waals surface area (Å²) < 4.78 is 0. The van der Waals surface area contributed by atoms with Crippen LogP contribution < -0.4 is 10.6 Å². The zero-order chi connectivity index (χ0) is 12.4. The van der Waals surface area contributed by atoms with Gasteiger partial charge in [0.15, 0.2) is 0 Å². The highest BCUT2D eigenvalue weighted by Gasteiger charge is 2.24. The van der Waals surface area contributed by atoms with Gasteiger partial charge in [-0.1, -0.05) is 6.92 Å². The normalized spacial score (nSPS) is 21.8. The second-order valence-electron chi connectivity index (χ2n) is 4.63. The number of nitrogens with two attached hydrogens (primary N) is 1. The fraction of sp³-hybridized carbons (Fsp3) is 0.667. The van der Waals surface area contributed by atoms with Crippen LogP contribution in [0, 0.1) is 6.92 Å². The molecule has 1 aromatic heterocycles. The highest BCUT2D eigenvalue weighted by Crippen LogP contribution is 2.22. The van der Waals surface area contributed by atoms with E-state index in [1.54, 1.807) is 6.33 Å². The van der Waals surface area contributed by atoms with Gasteiger partial charge in [-0.15, -0.1) is 0 Å². The minimum Gasteiger partial charge on any atom is -0.383 e. The zero-order valence-electron chi connectivity index (χ0n) is 10.8. The van der Waals surface area contributed by atoms with Gasteiger partial charge in [0.1, 0.15) is 18.0 Å². The average molecular weight is 235 g/mol. The van der Waals surface area contributed by atoms with Crippen molar-refractivity contribution in [1.82, 2.24) is 14.9 Å². The summed E-state index contributed by atoms with van der Waals surface area (Å²) in [5.74, 6) is 1.57. The van der Waals surface area contributed by atoms with E-state index in [1.807, 2.05) is 6.92 Å². The molecular weight excluding hydrogens is 214 g/mol. The van der Waals surface area contributed by atoms with Gasteiger partial charge in [0.2, 0.25) is 0 Å². The molecule has 0 aliphatic carbocycles. The van der Waals surface area contributed by atoms with Gasteiger partial charge in [-0.25, -0.2) is 9.97 Å². The summed E-state index contributed by atoms with van der Waals surface area (Å²) in [6, 6.07) is 0.560. The van der Waals surface area contributed by atoms with Crippen molar-refractivity contribution in [2.24, 2.45) is 0 Å². The van der Waals surface area contributed by atoms with E-state index in [1.165, 1.54) is 0 Å². The summed E-state index contributed by atoms with van der Waals surface area (Å²) in [5, 5.41) is 0. The number of hydrogen-bond donors (Lipinski definition) is 1. The Morgan fingerprint density at radius 2 is 2.18 bits per heavy atom. The van der Waals surface area contributed by atoms with Crippen LogP contribution in [0.1, 0.15) is 19.4 Å². The van der Waals surface area contributed by atoms with Gasteiger partial charge in [0.25, 0.3) is 0 Å². The first-order valence-electron chi connectivity index (χ1n) is 6.19. The van der Waals surface area contributed by atoms with Gasteiger partial charge < -0.3 is 10.6 Å². The molecule has 0 bridgehead atoms. The van der Waals surface area contributed by atoms with Crippen LogP contribution in [0.15, 0.2) is 6.33 Å². The third-order valence-electron chi connectivity index (χ3n) is 3.57. The molecule has 1 unspecified atom stereocenters. The summed E-state index contributed by atoms with van der Waals surface area (Å²) in [6.07, 6.45) is 1.55. The molecule has 0 aromatic carbocycles. The second-order valence-corrected chi connectivity index (χ2v) is 4.63. The Hall–Kier alpha value is -1.36. The molecule has 2 rings (SSSR count). The molecular formula is C12H21N5. The maximum absolute atomic E-state index is 5.83. The number of nitrogens with zero attached hydrogens (tertiary/aromatic N) is 4. The molecule has 5 heteroatoms. The number of nitrogen functional groups attached to an aromatic ring is 1. The molecule has 0 amide bonds. The number of rotatable bonds is 2. The maximum atomic E-state index is 5.83. The van der Waals surface area contributed by atoms with Gasteiger partial charge in [0.05, 0.1) is 0 Å². The lowest BCUT2D eigenvalue weighted by atomic mass is 10.1. The Morgan fingerprint density at radius 3 is 2.82 bits per heavy atom. The van der Waals surface area contributed by atoms with Crippen molar-refractivity contribution < 1.29 is 0 Å². The molecule has 1 fully saturated rings. The van der Waals surface area contributed by atoms with Crippen LogP contribution in [-0.4, -0.2) is 47.1 Å². The lowest BCUT2D eigenvalue weighted by Gasteiger charge is -2.40. The van der Waals surface area contributed by atoms with Gasteiger partial charge in [-0.05, 0) is 20.4 Å². The molecule has 0 saturated carbocycles. The van der Waals surface area contributed by atoms with Crippen LogP contribution in [0.3, 0.4) is 0 Å². The van der Waals surface area contributed by atoms with Crippen molar-refractivity contribution >= 4 is 11.6 Å². The van der Waals surface area contributed by atoms with Gasteiger partial charge in [-0.2, -0.15) is 0 Å². The first-order valence-corrected chi connectivity index (χ1v) is 6.19. The number of likely N-dealkylation sites (N-methyl/N-ethyl adjacent to an activating group) is 1. The minimum atomic E-state index is 0.560. The van der Waals surface area contributed by atoms with E-state index in [2.05, 4.69) is 33.6 Å². The van der Waals surface area contributed by atoms with E-state index in [4.69, 9.17) is 5.73 Å². The van der Waals surface area contributed by atoms with Crippen LogP contribution in [0.25, 0.3) is 0 Å². The Bertz CT molecular complexity index is 392. The van der Waals surface area contributed by atoms with Crippen molar-refractivity contribution in [2.45, 2.75) is 26.8 Å². The third kappa shape index (κ3) is 2.34. The highest BCUT2D eigenvalue weighted by atomic mass is 15.3. The predicted octanol–water partition coefficient (Wildman–Crippen LogP) is 0.898. The molecule has 2 heterocycles. The summed E-state index contributed by atoms with van der Waals surface area (Å²) >= 11 is 0. The van der Waals surface area contributed by atoms with Crippen molar-refractivity contribution in [2.75, 3.05) is 36.8 Å². The monoisotopic (exact) mass is 235 g/mol. The van der Waals surface area contributed by atoms with Gasteiger partial charge in [0, 0.05) is 31.2 Å². The molecule has 1 aliphatic heterocycles. The summed E-state index contributed by atoms with van der Waals surface area (Å²) in [4.78, 5) is 13.2. The van der Waals surface area contributed by atoms with Crippen LogP contribution in [0.4, 0.5) is 11.6 Å². The average Bonchev–Trinajstić information content (AvgIpc) is 2.32. The molecule has 1 aliphatic rings. The van der Waals surface area contributed by atoms with Crippen molar-refractivity contribution in [3.63, 3.8) is 0 Å². The fourth-order valence-electron chi connectivity index (χ4n) is 2.43. The summed E-state index contributed by atoms with van der Waals surface area (Å²) in [5.41, 5.74) is 6.82. The molecule has 17 heavy (non-hydrogen) atoms. The van der Waals surface area contributed by atoms with Crippen molar-refractivity contribution in [3.8, 4) is 0 Å². The minimum absolute atomic E-state index is 0.560. The maximum Gasteiger partial charge on any atom is 0.137 e. The quantitative estimate of drug-likeness (QED) is 0.825. The molecule has 0 spiro atoms. The fourth-order valence-corrected chi connectivity index (χ4v) is 2.43. The Kier molecular flexibility index (Phi) is 3.47. The number of hydrogen-bond acceptors (Lipinski definition) is 5. The number of aromatic nitrogens is 2. The van der Waals surface area contributed by atoms with Gasteiger partial charge >= 0.3 is 0 Å². The topological polar surface area (TPSA) is 58.3 Å². The summed E-state index contributed by atoms with van der Waals surface area (Å²) in [7, 11) is 0. The van der Waals surface area contributed by atoms with Crippen LogP contribution >= 0.6 is 0 Å². The van der Waals surface area contributed by atoms with Gasteiger partial charge in [-0.3, -0.25) is 4.90 Å². The van der Waals surface area contributed by atoms with Crippen LogP contribution in [0.2, 0.25) is 0 Å². The largest absolute Gasteiger partial charge is 0.383 e. The van der Waals surface area contributed by atoms with E-state index in [0.717, 1.165) is 37.6 Å². The Morgan fingerprint density at radius 1 is 1.41 bits per heavy atom. The predicted molar refractivity (Wildman–Crippen MR) is 70.1 cm³/mol. The molecule has 1 saturated heterocycles. The third-order valence-corrected chi connectivity index (χ3v) is 3.57. The van der Waals surface area contributed by atoms with Crippen molar-refractivity contribution in [1.29, 1.82) is 0 Å². The second kappa shape index (κ2) is 4.87. The molecule has 94 valence electrons. The first kappa shape index (κ1) is 12.1. The molecule has 0 radical (unpaired) electrons. The first-order chi connectivity index (χ1) is 8.13. The summed E-state index contributed by atoms with van der Waals surface area (Å²) in [6.45, 7) is 10.7. The molecule has 1 aromatic rings. The molecule has 1 atom stereocenters. The molecule has 2 N–H and O–H groups in total. The van der Waals surface area contributed by atoms with E-state index in [0.29, 0.717) is 11.9 Å². The highest BCUT2D eigenvalue weighted by molar-refractivity contribution is 5.55. The number of anilines is 2. The SMILES string of the molecule is CCN1CCN(c2ncnc(N)c2C)CC1C. The van der Waals surface area contributed by atoms with E-state index < -0.39 is 0 Å². The lowest BCUT2D eigenvalue weighted by Crippen LogP contribution is -2.52. The Labute approximate surface area is 103 Å². The van der Waals surface area contributed by atoms with Crippen LogP contribution in [-0.2, 0) is 0 Å². The van der Waals surface area contributed by atoms with E-state index >= 15 is 0 Å². The standard InChI is InChI=1S/C12H21N5/c1-4-16-5-6-17(7-9(16)2)12-10(3)11(13)14-8-15-12/h8-9H,4-7H2,1-3H3,(H2,13,14,15). The number of piperazine rings is 1. The smallest absolute Gasteiger partial charge is 0.137 e. The lowest BCUT2D eigenvalue weighted by molar-refractivity contribution is 0.199. The van der Waals surface area contributed by atoms with E-state index in [-0.39, 0.29) is 0 Å². The van der Waals surface area contributed by atoms with Crippen LogP contribution in [0.5, 0.6) is 0 Å². The van der Waals surface area contributed by atoms with Crippen molar-refractivity contribution in [3.05, 3.63) is 11.9 Å².